The van der Waals surface area contributed by atoms with Gasteiger partial charge in [0, 0.05) is 48.5 Å². The second-order valence-corrected chi connectivity index (χ2v) is 4.94. The van der Waals surface area contributed by atoms with E-state index in [0.717, 1.165) is 13.1 Å². The summed E-state index contributed by atoms with van der Waals surface area (Å²) in [6.45, 7) is 3.93. The third-order valence-corrected chi connectivity index (χ3v) is 3.71. The Bertz CT molecular complexity index is 484. The molecule has 0 bridgehead atoms. The Kier molecular flexibility index (Phi) is 4.12. The molecule has 2 aromatic rings. The van der Waals surface area contributed by atoms with Crippen molar-refractivity contribution in [3.05, 3.63) is 57.1 Å². The normalized spacial score (nSPS) is 12.5. The van der Waals surface area contributed by atoms with Crippen molar-refractivity contribution in [1.82, 2.24) is 9.88 Å². The van der Waals surface area contributed by atoms with Gasteiger partial charge in [0.05, 0.1) is 0 Å². The van der Waals surface area contributed by atoms with Gasteiger partial charge in [-0.3, -0.25) is 4.79 Å². The first-order valence-electron chi connectivity index (χ1n) is 5.68. The van der Waals surface area contributed by atoms with E-state index in [0.29, 0.717) is 6.04 Å². The predicted octanol–water partition coefficient (Wildman–Crippen LogP) is 2.26. The third-order valence-electron chi connectivity index (χ3n) is 2.65. The number of pyridine rings is 1. The van der Waals surface area contributed by atoms with Crippen LogP contribution >= 0.6 is 11.3 Å². The van der Waals surface area contributed by atoms with E-state index in [1.54, 1.807) is 23.5 Å². The van der Waals surface area contributed by atoms with E-state index < -0.39 is 0 Å². The molecule has 1 N–H and O–H groups in total. The summed E-state index contributed by atoms with van der Waals surface area (Å²) < 4.78 is 2.01. The van der Waals surface area contributed by atoms with Crippen LogP contribution < -0.4 is 10.7 Å². The van der Waals surface area contributed by atoms with Crippen molar-refractivity contribution in [1.29, 1.82) is 0 Å². The molecule has 0 radical (unpaired) electrons. The van der Waals surface area contributed by atoms with Gasteiger partial charge < -0.3 is 9.88 Å². The van der Waals surface area contributed by atoms with E-state index in [9.17, 15) is 4.79 Å². The van der Waals surface area contributed by atoms with E-state index in [-0.39, 0.29) is 5.43 Å². The van der Waals surface area contributed by atoms with Gasteiger partial charge in [-0.25, -0.2) is 0 Å². The first kappa shape index (κ1) is 12.1. The monoisotopic (exact) mass is 248 g/mol. The van der Waals surface area contributed by atoms with Gasteiger partial charge in [-0.05, 0) is 18.4 Å². The number of nitrogens with one attached hydrogen (secondary N) is 1. The molecule has 0 spiro atoms. The van der Waals surface area contributed by atoms with Crippen molar-refractivity contribution in [2.45, 2.75) is 19.5 Å². The minimum atomic E-state index is 0.0566. The fourth-order valence-corrected chi connectivity index (χ4v) is 2.40. The standard InChI is InChI=1S/C13H16N2OS/c1-11(13-3-2-10-17-13)14-6-9-15-7-4-12(16)5-8-15/h2-5,7-8,10-11,14H,6,9H2,1H3. The maximum absolute atomic E-state index is 10.9. The lowest BCUT2D eigenvalue weighted by molar-refractivity contribution is 0.535. The van der Waals surface area contributed by atoms with Gasteiger partial charge in [-0.2, -0.15) is 0 Å². The summed E-state index contributed by atoms with van der Waals surface area (Å²) in [6, 6.07) is 7.77. The molecule has 0 amide bonds. The Morgan fingerprint density at radius 3 is 2.76 bits per heavy atom. The molecule has 3 nitrogen and oxygen atoms in total. The summed E-state index contributed by atoms with van der Waals surface area (Å²) in [5.41, 5.74) is 0.0566. The largest absolute Gasteiger partial charge is 0.353 e. The molecule has 0 aliphatic carbocycles. The SMILES string of the molecule is CC(NCCn1ccc(=O)cc1)c1cccs1. The summed E-state index contributed by atoms with van der Waals surface area (Å²) in [6.07, 6.45) is 3.64. The van der Waals surface area contributed by atoms with Gasteiger partial charge in [0.15, 0.2) is 5.43 Å². The van der Waals surface area contributed by atoms with E-state index in [2.05, 4.69) is 29.8 Å². The highest BCUT2D eigenvalue weighted by atomic mass is 32.1. The molecule has 4 heteroatoms. The van der Waals surface area contributed by atoms with Gasteiger partial charge in [0.1, 0.15) is 0 Å². The van der Waals surface area contributed by atoms with Crippen LogP contribution in [-0.2, 0) is 6.54 Å². The second kappa shape index (κ2) is 5.80. The highest BCUT2D eigenvalue weighted by Gasteiger charge is 2.04. The van der Waals surface area contributed by atoms with Crippen molar-refractivity contribution in [2.24, 2.45) is 0 Å². The van der Waals surface area contributed by atoms with Crippen LogP contribution in [0.4, 0.5) is 0 Å². The molecule has 1 unspecified atom stereocenters. The van der Waals surface area contributed by atoms with Crippen LogP contribution in [0.3, 0.4) is 0 Å². The Balaban J connectivity index is 1.80. The average Bonchev–Trinajstić information content (AvgIpc) is 2.85. The first-order valence-corrected chi connectivity index (χ1v) is 6.56. The predicted molar refractivity (Wildman–Crippen MR) is 71.4 cm³/mol. The fraction of sp³-hybridized carbons (Fsp3) is 0.308. The Morgan fingerprint density at radius 1 is 1.35 bits per heavy atom. The molecule has 90 valence electrons. The van der Waals surface area contributed by atoms with E-state index in [1.165, 1.54) is 4.88 Å². The molecule has 0 fully saturated rings. The molecular formula is C13H16N2OS. The van der Waals surface area contributed by atoms with Gasteiger partial charge >= 0.3 is 0 Å². The number of thiophene rings is 1. The molecule has 2 rings (SSSR count). The number of nitrogens with zero attached hydrogens (tertiary/aromatic N) is 1. The number of aromatic nitrogens is 1. The Morgan fingerprint density at radius 2 is 2.12 bits per heavy atom. The van der Waals surface area contributed by atoms with E-state index >= 15 is 0 Å². The van der Waals surface area contributed by atoms with Crippen molar-refractivity contribution in [2.75, 3.05) is 6.54 Å². The van der Waals surface area contributed by atoms with Crippen LogP contribution in [0.5, 0.6) is 0 Å². The molecule has 2 heterocycles. The van der Waals surface area contributed by atoms with Crippen molar-refractivity contribution < 1.29 is 0 Å². The molecule has 0 saturated carbocycles. The van der Waals surface area contributed by atoms with Crippen molar-refractivity contribution >= 4 is 11.3 Å². The number of hydrogen-bond acceptors (Lipinski definition) is 3. The molecular weight excluding hydrogens is 232 g/mol. The molecule has 0 aliphatic rings. The van der Waals surface area contributed by atoms with Gasteiger partial charge in [-0.15, -0.1) is 11.3 Å². The topological polar surface area (TPSA) is 34.0 Å². The lowest BCUT2D eigenvalue weighted by Gasteiger charge is -2.13. The molecule has 0 saturated heterocycles. The van der Waals surface area contributed by atoms with Crippen LogP contribution in [-0.4, -0.2) is 11.1 Å². The van der Waals surface area contributed by atoms with Crippen LogP contribution in [0, 0.1) is 0 Å². The number of hydrogen-bond donors (Lipinski definition) is 1. The Labute approximate surface area is 105 Å². The highest BCUT2D eigenvalue weighted by molar-refractivity contribution is 7.10. The smallest absolute Gasteiger partial charge is 0.181 e. The van der Waals surface area contributed by atoms with Gasteiger partial charge in [0.2, 0.25) is 0 Å². The molecule has 0 aliphatic heterocycles. The zero-order valence-electron chi connectivity index (χ0n) is 9.80. The lowest BCUT2D eigenvalue weighted by Crippen LogP contribution is -2.23. The zero-order valence-corrected chi connectivity index (χ0v) is 10.6. The average molecular weight is 248 g/mol. The van der Waals surface area contributed by atoms with Crippen molar-refractivity contribution in [3.63, 3.8) is 0 Å². The zero-order chi connectivity index (χ0) is 12.1. The molecule has 17 heavy (non-hydrogen) atoms. The van der Waals surface area contributed by atoms with Crippen LogP contribution in [0.25, 0.3) is 0 Å². The molecule has 2 aromatic heterocycles. The van der Waals surface area contributed by atoms with E-state index in [4.69, 9.17) is 0 Å². The summed E-state index contributed by atoms with van der Waals surface area (Å²) >= 11 is 1.77. The molecule has 1 atom stereocenters. The minimum absolute atomic E-state index is 0.0566. The van der Waals surface area contributed by atoms with Gasteiger partial charge in [-0.1, -0.05) is 6.07 Å². The van der Waals surface area contributed by atoms with Crippen LogP contribution in [0.1, 0.15) is 17.8 Å². The third kappa shape index (κ3) is 3.54. The maximum Gasteiger partial charge on any atom is 0.181 e. The Hall–Kier alpha value is -1.39. The summed E-state index contributed by atoms with van der Waals surface area (Å²) in [4.78, 5) is 12.3. The summed E-state index contributed by atoms with van der Waals surface area (Å²) in [7, 11) is 0. The first-order chi connectivity index (χ1) is 8.25. The maximum atomic E-state index is 10.9. The van der Waals surface area contributed by atoms with Crippen LogP contribution in [0.15, 0.2) is 46.8 Å². The van der Waals surface area contributed by atoms with Crippen LogP contribution in [0.2, 0.25) is 0 Å². The lowest BCUT2D eigenvalue weighted by atomic mass is 10.3. The van der Waals surface area contributed by atoms with Crippen molar-refractivity contribution in [3.8, 4) is 0 Å². The second-order valence-electron chi connectivity index (χ2n) is 3.96. The summed E-state index contributed by atoms with van der Waals surface area (Å²) in [5, 5.41) is 5.55. The highest BCUT2D eigenvalue weighted by Crippen LogP contribution is 2.17. The minimum Gasteiger partial charge on any atom is -0.353 e. The molecule has 0 aromatic carbocycles. The fourth-order valence-electron chi connectivity index (χ4n) is 1.64. The summed E-state index contributed by atoms with van der Waals surface area (Å²) in [5.74, 6) is 0. The van der Waals surface area contributed by atoms with Gasteiger partial charge in [0.25, 0.3) is 0 Å². The number of rotatable bonds is 5. The van der Waals surface area contributed by atoms with E-state index in [1.807, 2.05) is 17.0 Å². The quantitative estimate of drug-likeness (QED) is 0.880.